The van der Waals surface area contributed by atoms with E-state index < -0.39 is 10.0 Å². The van der Waals surface area contributed by atoms with Gasteiger partial charge in [0.15, 0.2) is 12.4 Å². The summed E-state index contributed by atoms with van der Waals surface area (Å²) in [7, 11) is -3.80. The summed E-state index contributed by atoms with van der Waals surface area (Å²) >= 11 is 5.95. The Morgan fingerprint density at radius 2 is 2.14 bits per heavy atom. The highest BCUT2D eigenvalue weighted by Crippen LogP contribution is 2.27. The number of halogens is 1. The molecular formula is C12H14ClN3O4S. The van der Waals surface area contributed by atoms with Gasteiger partial charge in [0.25, 0.3) is 5.89 Å². The molecule has 0 unspecified atom stereocenters. The Morgan fingerprint density at radius 1 is 1.43 bits per heavy atom. The van der Waals surface area contributed by atoms with Gasteiger partial charge < -0.3 is 9.26 Å². The van der Waals surface area contributed by atoms with Crippen molar-refractivity contribution in [3.8, 4) is 5.75 Å². The molecule has 0 saturated carbocycles. The molecule has 2 N–H and O–H groups in total. The van der Waals surface area contributed by atoms with Gasteiger partial charge in [0.05, 0.1) is 9.92 Å². The van der Waals surface area contributed by atoms with E-state index in [9.17, 15) is 8.42 Å². The first-order valence-corrected chi connectivity index (χ1v) is 7.97. The number of primary sulfonamides is 1. The Kier molecular flexibility index (Phi) is 4.50. The second kappa shape index (κ2) is 6.00. The minimum Gasteiger partial charge on any atom is -0.482 e. The average Bonchev–Trinajstić information content (AvgIpc) is 2.85. The summed E-state index contributed by atoms with van der Waals surface area (Å²) in [6.07, 6.45) is 0. The number of ether oxygens (including phenoxy) is 1. The van der Waals surface area contributed by atoms with Gasteiger partial charge in [-0.25, -0.2) is 13.6 Å². The van der Waals surface area contributed by atoms with Crippen LogP contribution in [0.3, 0.4) is 0 Å². The van der Waals surface area contributed by atoms with Crippen molar-refractivity contribution < 1.29 is 17.7 Å². The number of hydrogen-bond acceptors (Lipinski definition) is 6. The third-order valence-corrected chi connectivity index (χ3v) is 3.79. The van der Waals surface area contributed by atoms with Crippen LogP contribution in [0.2, 0.25) is 5.02 Å². The third-order valence-electron chi connectivity index (χ3n) is 2.58. The molecule has 0 saturated heterocycles. The van der Waals surface area contributed by atoms with Crippen molar-refractivity contribution in [3.63, 3.8) is 0 Å². The minimum absolute atomic E-state index is 0.0359. The van der Waals surface area contributed by atoms with Crippen LogP contribution in [0.15, 0.2) is 27.6 Å². The molecule has 0 fully saturated rings. The van der Waals surface area contributed by atoms with Gasteiger partial charge in [0.1, 0.15) is 5.75 Å². The Labute approximate surface area is 127 Å². The van der Waals surface area contributed by atoms with Crippen molar-refractivity contribution in [2.45, 2.75) is 31.3 Å². The first-order chi connectivity index (χ1) is 9.77. The van der Waals surface area contributed by atoms with Crippen molar-refractivity contribution in [3.05, 3.63) is 34.9 Å². The van der Waals surface area contributed by atoms with Crippen molar-refractivity contribution in [1.82, 2.24) is 10.1 Å². The summed E-state index contributed by atoms with van der Waals surface area (Å²) in [5, 5.41) is 8.94. The molecule has 21 heavy (non-hydrogen) atoms. The lowest BCUT2D eigenvalue weighted by Gasteiger charge is -2.06. The Bertz CT molecular complexity index is 743. The van der Waals surface area contributed by atoms with Crippen molar-refractivity contribution >= 4 is 21.6 Å². The lowest BCUT2D eigenvalue weighted by atomic mass is 10.2. The summed E-state index contributed by atoms with van der Waals surface area (Å²) < 4.78 is 32.8. The molecule has 1 aromatic heterocycles. The molecule has 114 valence electrons. The van der Waals surface area contributed by atoms with E-state index >= 15 is 0 Å². The highest BCUT2D eigenvalue weighted by atomic mass is 35.5. The Balaban J connectivity index is 2.09. The lowest BCUT2D eigenvalue weighted by molar-refractivity contribution is 0.242. The fraction of sp³-hybridized carbons (Fsp3) is 0.333. The van der Waals surface area contributed by atoms with Crippen LogP contribution in [0.25, 0.3) is 0 Å². The number of rotatable bonds is 5. The van der Waals surface area contributed by atoms with Crippen molar-refractivity contribution in [2.24, 2.45) is 5.14 Å². The molecule has 2 aromatic rings. The van der Waals surface area contributed by atoms with E-state index in [1.54, 1.807) is 0 Å². The fourth-order valence-electron chi connectivity index (χ4n) is 1.48. The maximum absolute atomic E-state index is 11.2. The predicted octanol–water partition coefficient (Wildman–Crippen LogP) is 2.07. The van der Waals surface area contributed by atoms with Crippen LogP contribution in [0.4, 0.5) is 0 Å². The third kappa shape index (κ3) is 3.93. The van der Waals surface area contributed by atoms with Gasteiger partial charge >= 0.3 is 0 Å². The first-order valence-electron chi connectivity index (χ1n) is 6.05. The van der Waals surface area contributed by atoms with E-state index in [0.29, 0.717) is 17.5 Å². The molecule has 0 radical (unpaired) electrons. The van der Waals surface area contributed by atoms with Gasteiger partial charge in [-0.2, -0.15) is 4.98 Å². The summed E-state index contributed by atoms with van der Waals surface area (Å²) in [6, 6.07) is 3.95. The zero-order valence-electron chi connectivity index (χ0n) is 11.4. The second-order valence-electron chi connectivity index (χ2n) is 4.63. The van der Waals surface area contributed by atoms with Crippen molar-refractivity contribution in [1.29, 1.82) is 0 Å². The van der Waals surface area contributed by atoms with Gasteiger partial charge in [-0.1, -0.05) is 30.6 Å². The van der Waals surface area contributed by atoms with Gasteiger partial charge in [-0.15, -0.1) is 0 Å². The largest absolute Gasteiger partial charge is 0.482 e. The SMILES string of the molecule is CC(C)c1noc(COc2ccc(S(N)(=O)=O)cc2Cl)n1. The second-order valence-corrected chi connectivity index (χ2v) is 6.60. The highest BCUT2D eigenvalue weighted by molar-refractivity contribution is 7.89. The molecule has 9 heteroatoms. The molecular weight excluding hydrogens is 318 g/mol. The van der Waals surface area contributed by atoms with Gasteiger partial charge in [0, 0.05) is 5.92 Å². The quantitative estimate of drug-likeness (QED) is 0.898. The summed E-state index contributed by atoms with van der Waals surface area (Å²) in [5.41, 5.74) is 0. The number of nitrogens with two attached hydrogens (primary N) is 1. The molecule has 1 aromatic carbocycles. The molecule has 0 bridgehead atoms. The standard InChI is InChI=1S/C12H14ClN3O4S/c1-7(2)12-15-11(20-16-12)6-19-10-4-3-8(5-9(10)13)21(14,17)18/h3-5,7H,6H2,1-2H3,(H2,14,17,18). The molecule has 2 rings (SSSR count). The number of aromatic nitrogens is 2. The maximum Gasteiger partial charge on any atom is 0.264 e. The smallest absolute Gasteiger partial charge is 0.264 e. The first kappa shape index (κ1) is 15.7. The van der Waals surface area contributed by atoms with E-state index in [-0.39, 0.29) is 22.4 Å². The average molecular weight is 332 g/mol. The molecule has 0 aliphatic heterocycles. The van der Waals surface area contributed by atoms with Crippen LogP contribution in [0.5, 0.6) is 5.75 Å². The summed E-state index contributed by atoms with van der Waals surface area (Å²) in [6.45, 7) is 3.92. The highest BCUT2D eigenvalue weighted by Gasteiger charge is 2.13. The molecule has 1 heterocycles. The minimum atomic E-state index is -3.80. The van der Waals surface area contributed by atoms with Crippen LogP contribution < -0.4 is 9.88 Å². The summed E-state index contributed by atoms with van der Waals surface area (Å²) in [5.74, 6) is 1.35. The van der Waals surface area contributed by atoms with Crippen molar-refractivity contribution in [2.75, 3.05) is 0 Å². The number of sulfonamides is 1. The summed E-state index contributed by atoms with van der Waals surface area (Å²) in [4.78, 5) is 4.07. The van der Waals surface area contributed by atoms with E-state index in [2.05, 4.69) is 10.1 Å². The zero-order valence-corrected chi connectivity index (χ0v) is 13.0. The van der Waals surface area contributed by atoms with Crippen LogP contribution in [0.1, 0.15) is 31.5 Å². The van der Waals surface area contributed by atoms with Gasteiger partial charge in [0.2, 0.25) is 10.0 Å². The lowest BCUT2D eigenvalue weighted by Crippen LogP contribution is -2.12. The number of hydrogen-bond donors (Lipinski definition) is 1. The molecule has 0 aliphatic rings. The van der Waals surface area contributed by atoms with E-state index in [0.717, 1.165) is 0 Å². The monoisotopic (exact) mass is 331 g/mol. The zero-order chi connectivity index (χ0) is 15.6. The van der Waals surface area contributed by atoms with Crippen LogP contribution in [-0.2, 0) is 16.6 Å². The Hall–Kier alpha value is -1.64. The predicted molar refractivity (Wildman–Crippen MR) is 75.5 cm³/mol. The van der Waals surface area contributed by atoms with Crippen LogP contribution >= 0.6 is 11.6 Å². The fourth-order valence-corrected chi connectivity index (χ4v) is 2.32. The van der Waals surface area contributed by atoms with E-state index in [1.807, 2.05) is 13.8 Å². The molecule has 0 spiro atoms. The topological polar surface area (TPSA) is 108 Å². The van der Waals surface area contributed by atoms with E-state index in [1.165, 1.54) is 18.2 Å². The van der Waals surface area contributed by atoms with Crippen LogP contribution in [0, 0.1) is 0 Å². The van der Waals surface area contributed by atoms with Crippen LogP contribution in [-0.4, -0.2) is 18.6 Å². The molecule has 0 atom stereocenters. The van der Waals surface area contributed by atoms with Gasteiger partial charge in [-0.3, -0.25) is 0 Å². The number of benzene rings is 1. The molecule has 0 aliphatic carbocycles. The Morgan fingerprint density at radius 3 is 2.67 bits per heavy atom. The van der Waals surface area contributed by atoms with Gasteiger partial charge in [-0.05, 0) is 18.2 Å². The molecule has 0 amide bonds. The normalized spacial score (nSPS) is 11.9. The molecule has 7 nitrogen and oxygen atoms in total. The van der Waals surface area contributed by atoms with E-state index in [4.69, 9.17) is 26.0 Å². The number of nitrogens with zero attached hydrogens (tertiary/aromatic N) is 2. The maximum atomic E-state index is 11.2.